The summed E-state index contributed by atoms with van der Waals surface area (Å²) in [7, 11) is 0. The van der Waals surface area contributed by atoms with Crippen molar-refractivity contribution in [2.45, 2.75) is 25.6 Å². The molecule has 1 amide bonds. The fourth-order valence-corrected chi connectivity index (χ4v) is 2.83. The van der Waals surface area contributed by atoms with E-state index in [9.17, 15) is 9.90 Å². The smallest absolute Gasteiger partial charge is 0.257 e. The highest BCUT2D eigenvalue weighted by molar-refractivity contribution is 5.97. The summed E-state index contributed by atoms with van der Waals surface area (Å²) < 4.78 is 11.3. The van der Waals surface area contributed by atoms with Crippen LogP contribution in [0.15, 0.2) is 18.2 Å². The van der Waals surface area contributed by atoms with Gasteiger partial charge in [-0.3, -0.25) is 4.79 Å². The molecule has 20 heavy (non-hydrogen) atoms. The summed E-state index contributed by atoms with van der Waals surface area (Å²) in [4.78, 5) is 14.2. The number of piperidine rings is 1. The zero-order valence-electron chi connectivity index (χ0n) is 11.6. The van der Waals surface area contributed by atoms with E-state index in [-0.39, 0.29) is 11.7 Å². The van der Waals surface area contributed by atoms with Gasteiger partial charge < -0.3 is 19.5 Å². The SMILES string of the molecule is Cc1ccc(C(=O)N2CCC3(CC2)OCCO3)c(O)c1. The second kappa shape index (κ2) is 5.07. The molecule has 0 aliphatic carbocycles. The van der Waals surface area contributed by atoms with Gasteiger partial charge in [-0.2, -0.15) is 0 Å². The van der Waals surface area contributed by atoms with E-state index in [1.807, 2.05) is 13.0 Å². The Morgan fingerprint density at radius 1 is 1.25 bits per heavy atom. The van der Waals surface area contributed by atoms with Gasteiger partial charge in [0.2, 0.25) is 0 Å². The maximum atomic E-state index is 12.4. The lowest BCUT2D eigenvalue weighted by Gasteiger charge is -2.37. The van der Waals surface area contributed by atoms with Crippen LogP contribution in [-0.2, 0) is 9.47 Å². The van der Waals surface area contributed by atoms with E-state index in [0.717, 1.165) is 5.56 Å². The first-order valence-electron chi connectivity index (χ1n) is 6.96. The number of ether oxygens (including phenoxy) is 2. The summed E-state index contributed by atoms with van der Waals surface area (Å²) in [6.45, 7) is 4.32. The monoisotopic (exact) mass is 277 g/mol. The van der Waals surface area contributed by atoms with Crippen LogP contribution < -0.4 is 0 Å². The maximum absolute atomic E-state index is 12.4. The molecule has 3 rings (SSSR count). The molecule has 2 saturated heterocycles. The lowest BCUT2D eigenvalue weighted by atomic mass is 10.0. The van der Waals surface area contributed by atoms with Crippen LogP contribution in [0.3, 0.4) is 0 Å². The molecule has 1 N–H and O–H groups in total. The van der Waals surface area contributed by atoms with E-state index in [4.69, 9.17) is 9.47 Å². The Morgan fingerprint density at radius 2 is 1.90 bits per heavy atom. The first kappa shape index (κ1) is 13.4. The number of benzene rings is 1. The Labute approximate surface area is 118 Å². The molecule has 1 aromatic carbocycles. The number of hydrogen-bond donors (Lipinski definition) is 1. The molecule has 5 nitrogen and oxygen atoms in total. The first-order chi connectivity index (χ1) is 9.60. The predicted octanol–water partition coefficient (Wildman–Crippen LogP) is 1.68. The quantitative estimate of drug-likeness (QED) is 0.848. The molecule has 0 bridgehead atoms. The number of carbonyl (C=O) groups is 1. The van der Waals surface area contributed by atoms with E-state index < -0.39 is 5.79 Å². The number of phenolic OH excluding ortho intramolecular Hbond substituents is 1. The van der Waals surface area contributed by atoms with Crippen molar-refractivity contribution in [3.05, 3.63) is 29.3 Å². The summed E-state index contributed by atoms with van der Waals surface area (Å²) in [6.07, 6.45) is 1.37. The van der Waals surface area contributed by atoms with Crippen LogP contribution in [0.25, 0.3) is 0 Å². The van der Waals surface area contributed by atoms with Crippen molar-refractivity contribution in [3.8, 4) is 5.75 Å². The van der Waals surface area contributed by atoms with Crippen molar-refractivity contribution < 1.29 is 19.4 Å². The molecule has 0 aromatic heterocycles. The van der Waals surface area contributed by atoms with Crippen LogP contribution in [0.4, 0.5) is 0 Å². The summed E-state index contributed by atoms with van der Waals surface area (Å²) in [6, 6.07) is 5.13. The standard InChI is InChI=1S/C15H19NO4/c1-11-2-3-12(13(17)10-11)14(18)16-6-4-15(5-7-16)19-8-9-20-15/h2-3,10,17H,4-9H2,1H3. The zero-order chi connectivity index (χ0) is 14.2. The average Bonchev–Trinajstić information content (AvgIpc) is 2.87. The molecular formula is C15H19NO4. The topological polar surface area (TPSA) is 59.0 Å². The third-order valence-electron chi connectivity index (χ3n) is 4.01. The minimum atomic E-state index is -0.480. The van der Waals surface area contributed by atoms with Gasteiger partial charge in [-0.25, -0.2) is 0 Å². The third-order valence-corrected chi connectivity index (χ3v) is 4.01. The van der Waals surface area contributed by atoms with Crippen LogP contribution in [-0.4, -0.2) is 48.0 Å². The highest BCUT2D eigenvalue weighted by Crippen LogP contribution is 2.32. The minimum absolute atomic E-state index is 0.0450. The van der Waals surface area contributed by atoms with Crippen molar-refractivity contribution in [1.82, 2.24) is 4.90 Å². The van der Waals surface area contributed by atoms with Crippen LogP contribution in [0.1, 0.15) is 28.8 Å². The predicted molar refractivity (Wildman–Crippen MR) is 72.6 cm³/mol. The van der Waals surface area contributed by atoms with Gasteiger partial charge in [-0.1, -0.05) is 6.07 Å². The third kappa shape index (κ3) is 2.39. The first-order valence-corrected chi connectivity index (χ1v) is 6.96. The Kier molecular flexibility index (Phi) is 3.40. The lowest BCUT2D eigenvalue weighted by Crippen LogP contribution is -2.47. The largest absolute Gasteiger partial charge is 0.507 e. The maximum Gasteiger partial charge on any atom is 0.257 e. The number of hydrogen-bond acceptors (Lipinski definition) is 4. The molecule has 2 fully saturated rings. The van der Waals surface area contributed by atoms with Gasteiger partial charge >= 0.3 is 0 Å². The Hall–Kier alpha value is -1.59. The molecule has 1 spiro atoms. The molecule has 108 valence electrons. The van der Waals surface area contributed by atoms with Crippen molar-refractivity contribution in [2.75, 3.05) is 26.3 Å². The van der Waals surface area contributed by atoms with Gasteiger partial charge in [-0.05, 0) is 24.6 Å². The van der Waals surface area contributed by atoms with Gasteiger partial charge in [0.15, 0.2) is 5.79 Å². The second-order valence-corrected chi connectivity index (χ2v) is 5.42. The number of rotatable bonds is 1. The van der Waals surface area contributed by atoms with Gasteiger partial charge in [0.25, 0.3) is 5.91 Å². The Morgan fingerprint density at radius 3 is 2.50 bits per heavy atom. The van der Waals surface area contributed by atoms with E-state index in [2.05, 4.69) is 0 Å². The molecule has 0 unspecified atom stereocenters. The normalized spacial score (nSPS) is 21.4. The molecule has 0 saturated carbocycles. The molecule has 2 heterocycles. The number of nitrogens with zero attached hydrogens (tertiary/aromatic N) is 1. The van der Waals surface area contributed by atoms with Crippen LogP contribution in [0, 0.1) is 6.92 Å². The second-order valence-electron chi connectivity index (χ2n) is 5.42. The summed E-state index contributed by atoms with van der Waals surface area (Å²) >= 11 is 0. The molecule has 2 aliphatic rings. The van der Waals surface area contributed by atoms with E-state index in [0.29, 0.717) is 44.7 Å². The number of amides is 1. The number of likely N-dealkylation sites (tertiary alicyclic amines) is 1. The van der Waals surface area contributed by atoms with Gasteiger partial charge in [0.1, 0.15) is 5.75 Å². The highest BCUT2D eigenvalue weighted by Gasteiger charge is 2.41. The van der Waals surface area contributed by atoms with E-state index in [1.54, 1.807) is 17.0 Å². The number of aryl methyl sites for hydroxylation is 1. The van der Waals surface area contributed by atoms with Gasteiger partial charge in [0, 0.05) is 25.9 Å². The molecule has 0 atom stereocenters. The molecule has 2 aliphatic heterocycles. The molecule has 0 radical (unpaired) electrons. The molecule has 1 aromatic rings. The molecule has 5 heteroatoms. The summed E-state index contributed by atoms with van der Waals surface area (Å²) in [5, 5.41) is 9.90. The number of phenols is 1. The van der Waals surface area contributed by atoms with Crippen molar-refractivity contribution in [2.24, 2.45) is 0 Å². The van der Waals surface area contributed by atoms with E-state index >= 15 is 0 Å². The zero-order valence-corrected chi connectivity index (χ0v) is 11.6. The Balaban J connectivity index is 1.69. The van der Waals surface area contributed by atoms with Gasteiger partial charge in [-0.15, -0.1) is 0 Å². The van der Waals surface area contributed by atoms with E-state index in [1.165, 1.54) is 0 Å². The summed E-state index contributed by atoms with van der Waals surface area (Å²) in [5.74, 6) is -0.564. The minimum Gasteiger partial charge on any atom is -0.507 e. The Bertz CT molecular complexity index is 513. The van der Waals surface area contributed by atoms with Crippen molar-refractivity contribution in [1.29, 1.82) is 0 Å². The van der Waals surface area contributed by atoms with Gasteiger partial charge in [0.05, 0.1) is 18.8 Å². The lowest BCUT2D eigenvalue weighted by molar-refractivity contribution is -0.181. The fraction of sp³-hybridized carbons (Fsp3) is 0.533. The van der Waals surface area contributed by atoms with Crippen LogP contribution >= 0.6 is 0 Å². The van der Waals surface area contributed by atoms with Crippen LogP contribution in [0.5, 0.6) is 5.75 Å². The van der Waals surface area contributed by atoms with Crippen LogP contribution in [0.2, 0.25) is 0 Å². The highest BCUT2D eigenvalue weighted by atomic mass is 16.7. The number of carbonyl (C=O) groups excluding carboxylic acids is 1. The van der Waals surface area contributed by atoms with Crippen molar-refractivity contribution >= 4 is 5.91 Å². The fourth-order valence-electron chi connectivity index (χ4n) is 2.83. The number of aromatic hydroxyl groups is 1. The van der Waals surface area contributed by atoms with Crippen molar-refractivity contribution in [3.63, 3.8) is 0 Å². The average molecular weight is 277 g/mol. The summed E-state index contributed by atoms with van der Waals surface area (Å²) in [5.41, 5.74) is 1.30. The molecular weight excluding hydrogens is 258 g/mol.